The highest BCUT2D eigenvalue weighted by Gasteiger charge is 2.02. The number of nitriles is 1. The number of hydrogen-bond donors (Lipinski definition) is 1. The van der Waals surface area contributed by atoms with Crippen LogP contribution in [0.25, 0.3) is 0 Å². The van der Waals surface area contributed by atoms with Crippen LogP contribution in [0.2, 0.25) is 0 Å². The van der Waals surface area contributed by atoms with Gasteiger partial charge in [-0.2, -0.15) is 5.26 Å². The molecule has 0 amide bonds. The molecule has 2 nitrogen and oxygen atoms in total. The average molecular weight is 250 g/mol. The van der Waals surface area contributed by atoms with E-state index in [1.165, 1.54) is 11.1 Å². The van der Waals surface area contributed by atoms with Gasteiger partial charge in [-0.3, -0.25) is 0 Å². The zero-order chi connectivity index (χ0) is 13.7. The molecule has 0 saturated carbocycles. The number of benzene rings is 2. The summed E-state index contributed by atoms with van der Waals surface area (Å²) in [6.07, 6.45) is 1.06. The largest absolute Gasteiger partial charge is 0.380 e. The van der Waals surface area contributed by atoms with Gasteiger partial charge in [0, 0.05) is 6.54 Å². The zero-order valence-corrected chi connectivity index (χ0v) is 11.4. The van der Waals surface area contributed by atoms with E-state index in [1.54, 1.807) is 0 Å². The van der Waals surface area contributed by atoms with Gasteiger partial charge in [0.05, 0.1) is 11.3 Å². The van der Waals surface area contributed by atoms with Crippen molar-refractivity contribution in [2.75, 3.05) is 5.32 Å². The predicted molar refractivity (Wildman–Crippen MR) is 79.0 cm³/mol. The molecule has 0 aliphatic carbocycles. The predicted octanol–water partition coefficient (Wildman–Crippen LogP) is 4.04. The van der Waals surface area contributed by atoms with E-state index in [2.05, 4.69) is 42.6 Å². The maximum Gasteiger partial charge on any atom is 0.101 e. The summed E-state index contributed by atoms with van der Waals surface area (Å²) in [6.45, 7) is 4.88. The second-order valence-corrected chi connectivity index (χ2v) is 4.68. The summed E-state index contributed by atoms with van der Waals surface area (Å²) in [6, 6.07) is 16.7. The van der Waals surface area contributed by atoms with Gasteiger partial charge < -0.3 is 5.32 Å². The van der Waals surface area contributed by atoms with Crippen LogP contribution < -0.4 is 5.32 Å². The molecule has 0 aliphatic heterocycles. The van der Waals surface area contributed by atoms with Crippen LogP contribution in [-0.2, 0) is 13.0 Å². The summed E-state index contributed by atoms with van der Waals surface area (Å²) in [5.74, 6) is 0. The Balaban J connectivity index is 2.08. The van der Waals surface area contributed by atoms with Crippen LogP contribution in [0.3, 0.4) is 0 Å². The van der Waals surface area contributed by atoms with Crippen molar-refractivity contribution in [3.8, 4) is 6.07 Å². The van der Waals surface area contributed by atoms with E-state index in [9.17, 15) is 0 Å². The topological polar surface area (TPSA) is 35.8 Å². The first-order chi connectivity index (χ1) is 9.22. The Morgan fingerprint density at radius 3 is 2.37 bits per heavy atom. The number of anilines is 1. The van der Waals surface area contributed by atoms with E-state index >= 15 is 0 Å². The number of nitrogens with zero attached hydrogens (tertiary/aromatic N) is 1. The molecule has 0 bridgehead atoms. The molecule has 2 aromatic carbocycles. The van der Waals surface area contributed by atoms with Crippen LogP contribution in [0.1, 0.15) is 29.2 Å². The monoisotopic (exact) mass is 250 g/mol. The molecule has 0 radical (unpaired) electrons. The standard InChI is InChI=1S/C17H18N2/c1-3-14-5-7-15(8-6-14)12-19-17-9-4-13(2)10-16(17)11-18/h4-10,19H,3,12H2,1-2H3. The normalized spacial score (nSPS) is 9.95. The molecule has 96 valence electrons. The van der Waals surface area contributed by atoms with Gasteiger partial charge in [0.2, 0.25) is 0 Å². The summed E-state index contributed by atoms with van der Waals surface area (Å²) in [5.41, 5.74) is 5.27. The molecule has 0 saturated heterocycles. The lowest BCUT2D eigenvalue weighted by Gasteiger charge is -2.09. The lowest BCUT2D eigenvalue weighted by atomic mass is 10.1. The fourth-order valence-electron chi connectivity index (χ4n) is 1.99. The minimum Gasteiger partial charge on any atom is -0.380 e. The quantitative estimate of drug-likeness (QED) is 0.888. The Hall–Kier alpha value is -2.27. The van der Waals surface area contributed by atoms with Crippen LogP contribution in [0.4, 0.5) is 5.69 Å². The first-order valence-corrected chi connectivity index (χ1v) is 6.55. The molecule has 0 fully saturated rings. The van der Waals surface area contributed by atoms with Gasteiger partial charge in [-0.15, -0.1) is 0 Å². The van der Waals surface area contributed by atoms with Gasteiger partial charge in [-0.05, 0) is 42.2 Å². The second kappa shape index (κ2) is 6.06. The lowest BCUT2D eigenvalue weighted by Crippen LogP contribution is -2.01. The molecular weight excluding hydrogens is 232 g/mol. The molecule has 2 aromatic rings. The third-order valence-corrected chi connectivity index (χ3v) is 3.21. The average Bonchev–Trinajstić information content (AvgIpc) is 2.46. The van der Waals surface area contributed by atoms with Crippen LogP contribution >= 0.6 is 0 Å². The SMILES string of the molecule is CCc1ccc(CNc2ccc(C)cc2C#N)cc1. The van der Waals surface area contributed by atoms with Crippen LogP contribution in [0.5, 0.6) is 0 Å². The van der Waals surface area contributed by atoms with E-state index in [1.807, 2.05) is 25.1 Å². The second-order valence-electron chi connectivity index (χ2n) is 4.68. The number of hydrogen-bond acceptors (Lipinski definition) is 2. The molecule has 0 atom stereocenters. The van der Waals surface area contributed by atoms with Gasteiger partial charge >= 0.3 is 0 Å². The first-order valence-electron chi connectivity index (χ1n) is 6.55. The van der Waals surface area contributed by atoms with Crippen molar-refractivity contribution in [2.24, 2.45) is 0 Å². The minimum atomic E-state index is 0.699. The van der Waals surface area contributed by atoms with Crippen LogP contribution in [0, 0.1) is 18.3 Å². The molecule has 2 rings (SSSR count). The summed E-state index contributed by atoms with van der Waals surface area (Å²) >= 11 is 0. The van der Waals surface area contributed by atoms with Gasteiger partial charge in [-0.25, -0.2) is 0 Å². The van der Waals surface area contributed by atoms with E-state index < -0.39 is 0 Å². The van der Waals surface area contributed by atoms with Crippen LogP contribution in [0.15, 0.2) is 42.5 Å². The summed E-state index contributed by atoms with van der Waals surface area (Å²) in [4.78, 5) is 0. The van der Waals surface area contributed by atoms with Crippen molar-refractivity contribution in [2.45, 2.75) is 26.8 Å². The molecular formula is C17H18N2. The van der Waals surface area contributed by atoms with Crippen molar-refractivity contribution in [1.82, 2.24) is 0 Å². The molecule has 0 aliphatic rings. The fourth-order valence-corrected chi connectivity index (χ4v) is 1.99. The Kier molecular flexibility index (Phi) is 4.20. The van der Waals surface area contributed by atoms with Gasteiger partial charge in [0.1, 0.15) is 6.07 Å². The molecule has 0 spiro atoms. The van der Waals surface area contributed by atoms with E-state index in [4.69, 9.17) is 5.26 Å². The van der Waals surface area contributed by atoms with Crippen LogP contribution in [-0.4, -0.2) is 0 Å². The number of nitrogens with one attached hydrogen (secondary N) is 1. The van der Waals surface area contributed by atoms with Gasteiger partial charge in [-0.1, -0.05) is 37.3 Å². The molecule has 0 aromatic heterocycles. The van der Waals surface area contributed by atoms with Crippen molar-refractivity contribution >= 4 is 5.69 Å². The number of rotatable bonds is 4. The minimum absolute atomic E-state index is 0.699. The highest BCUT2D eigenvalue weighted by Crippen LogP contribution is 2.17. The zero-order valence-electron chi connectivity index (χ0n) is 11.4. The summed E-state index contributed by atoms with van der Waals surface area (Å²) < 4.78 is 0. The van der Waals surface area contributed by atoms with Gasteiger partial charge in [0.15, 0.2) is 0 Å². The first kappa shape index (κ1) is 13.2. The smallest absolute Gasteiger partial charge is 0.101 e. The molecule has 19 heavy (non-hydrogen) atoms. The maximum absolute atomic E-state index is 9.12. The highest BCUT2D eigenvalue weighted by molar-refractivity contribution is 5.58. The van der Waals surface area contributed by atoms with E-state index in [0.717, 1.165) is 24.2 Å². The summed E-state index contributed by atoms with van der Waals surface area (Å²) in [7, 11) is 0. The lowest BCUT2D eigenvalue weighted by molar-refractivity contribution is 1.10. The van der Waals surface area contributed by atoms with Crippen molar-refractivity contribution in [1.29, 1.82) is 5.26 Å². The third kappa shape index (κ3) is 3.35. The molecule has 1 N–H and O–H groups in total. The van der Waals surface area contributed by atoms with Crippen molar-refractivity contribution in [3.63, 3.8) is 0 Å². The number of aryl methyl sites for hydroxylation is 2. The highest BCUT2D eigenvalue weighted by atomic mass is 14.9. The summed E-state index contributed by atoms with van der Waals surface area (Å²) in [5, 5.41) is 12.4. The van der Waals surface area contributed by atoms with E-state index in [0.29, 0.717) is 5.56 Å². The Labute approximate surface area is 114 Å². The maximum atomic E-state index is 9.12. The van der Waals surface area contributed by atoms with Crippen molar-refractivity contribution in [3.05, 3.63) is 64.7 Å². The Bertz CT molecular complexity index is 592. The fraction of sp³-hybridized carbons (Fsp3) is 0.235. The van der Waals surface area contributed by atoms with E-state index in [-0.39, 0.29) is 0 Å². The molecule has 0 heterocycles. The Morgan fingerprint density at radius 1 is 1.05 bits per heavy atom. The molecule has 2 heteroatoms. The third-order valence-electron chi connectivity index (χ3n) is 3.21. The van der Waals surface area contributed by atoms with Crippen molar-refractivity contribution < 1.29 is 0 Å². The van der Waals surface area contributed by atoms with Gasteiger partial charge in [0.25, 0.3) is 0 Å². The Morgan fingerprint density at radius 2 is 1.74 bits per heavy atom. The molecule has 0 unspecified atom stereocenters.